The van der Waals surface area contributed by atoms with E-state index in [1.807, 2.05) is 12.2 Å². The highest BCUT2D eigenvalue weighted by molar-refractivity contribution is 5.68. The van der Waals surface area contributed by atoms with Gasteiger partial charge < -0.3 is 10.2 Å². The fraction of sp³-hybridized carbons (Fsp3) is 0.538. The minimum atomic E-state index is -0.900. The van der Waals surface area contributed by atoms with Crippen LogP contribution in [0.2, 0.25) is 0 Å². The molecule has 0 aliphatic heterocycles. The van der Waals surface area contributed by atoms with Crippen molar-refractivity contribution in [1.82, 2.24) is 0 Å². The van der Waals surface area contributed by atoms with E-state index in [1.165, 1.54) is 0 Å². The van der Waals surface area contributed by atoms with Crippen molar-refractivity contribution in [2.45, 2.75) is 39.0 Å². The Morgan fingerprint density at radius 2 is 1.88 bits per heavy atom. The summed E-state index contributed by atoms with van der Waals surface area (Å²) in [5.74, 6) is -2.01. The van der Waals surface area contributed by atoms with Crippen molar-refractivity contribution in [2.75, 3.05) is 0 Å². The second-order valence-corrected chi connectivity index (χ2v) is 3.89. The normalized spacial score (nSPS) is 13.2. The molecule has 0 saturated carbocycles. The lowest BCUT2D eigenvalue weighted by Crippen LogP contribution is -2.07. The molecule has 0 bridgehead atoms. The van der Waals surface area contributed by atoms with E-state index in [2.05, 4.69) is 6.92 Å². The van der Waals surface area contributed by atoms with E-state index in [-0.39, 0.29) is 18.8 Å². The molecule has 4 heteroatoms. The molecule has 0 rings (SSSR count). The molecule has 1 atom stereocenters. The fourth-order valence-corrected chi connectivity index (χ4v) is 1.36. The van der Waals surface area contributed by atoms with Crippen LogP contribution in [0.1, 0.15) is 39.0 Å². The van der Waals surface area contributed by atoms with Crippen LogP contribution < -0.4 is 0 Å². The largest absolute Gasteiger partial charge is 0.481 e. The van der Waals surface area contributed by atoms with Crippen molar-refractivity contribution in [2.24, 2.45) is 5.92 Å². The minimum absolute atomic E-state index is 0.000953. The Hall–Kier alpha value is -1.58. The van der Waals surface area contributed by atoms with Gasteiger partial charge >= 0.3 is 11.9 Å². The highest BCUT2D eigenvalue weighted by Crippen LogP contribution is 2.13. The van der Waals surface area contributed by atoms with E-state index in [0.29, 0.717) is 6.42 Å². The first-order valence-electron chi connectivity index (χ1n) is 5.83. The van der Waals surface area contributed by atoms with Crippen LogP contribution >= 0.6 is 0 Å². The van der Waals surface area contributed by atoms with Gasteiger partial charge in [0.15, 0.2) is 0 Å². The Kier molecular flexibility index (Phi) is 8.74. The Morgan fingerprint density at radius 1 is 1.18 bits per heavy atom. The van der Waals surface area contributed by atoms with Gasteiger partial charge in [0.05, 0.1) is 6.42 Å². The zero-order valence-corrected chi connectivity index (χ0v) is 10.1. The summed E-state index contributed by atoms with van der Waals surface area (Å²) in [5, 5.41) is 17.2. The number of allylic oxidation sites excluding steroid dienone is 4. The van der Waals surface area contributed by atoms with E-state index in [0.717, 1.165) is 12.8 Å². The monoisotopic (exact) mass is 240 g/mol. The van der Waals surface area contributed by atoms with Gasteiger partial charge in [-0.05, 0) is 18.8 Å². The van der Waals surface area contributed by atoms with Gasteiger partial charge in [-0.3, -0.25) is 9.59 Å². The molecule has 0 aromatic heterocycles. The highest BCUT2D eigenvalue weighted by Gasteiger charge is 2.11. The molecule has 2 N–H and O–H groups in total. The lowest BCUT2D eigenvalue weighted by molar-refractivity contribution is -0.140. The van der Waals surface area contributed by atoms with Crippen molar-refractivity contribution in [3.63, 3.8) is 0 Å². The second-order valence-electron chi connectivity index (χ2n) is 3.89. The number of carbonyl (C=O) groups is 2. The zero-order chi connectivity index (χ0) is 13.1. The Balaban J connectivity index is 4.17. The molecule has 0 amide bonds. The predicted molar refractivity (Wildman–Crippen MR) is 65.8 cm³/mol. The molecule has 0 aliphatic carbocycles. The first-order chi connectivity index (χ1) is 8.06. The van der Waals surface area contributed by atoms with Gasteiger partial charge in [0.25, 0.3) is 0 Å². The number of hydrogen-bond donors (Lipinski definition) is 2. The zero-order valence-electron chi connectivity index (χ0n) is 10.1. The molecular weight excluding hydrogens is 220 g/mol. The summed E-state index contributed by atoms with van der Waals surface area (Å²) in [6.45, 7) is 2.08. The number of carboxylic acids is 2. The minimum Gasteiger partial charge on any atom is -0.481 e. The van der Waals surface area contributed by atoms with Crippen LogP contribution in [0.3, 0.4) is 0 Å². The maximum absolute atomic E-state index is 10.6. The van der Waals surface area contributed by atoms with Gasteiger partial charge in [0.2, 0.25) is 0 Å². The molecule has 0 saturated heterocycles. The topological polar surface area (TPSA) is 74.6 Å². The standard InChI is InChI=1S/C13H20O4/c1-2-3-4-5-6-7-11(10-13(16)17)8-9-12(14)15/h4-7,11H,2-3,8-10H2,1H3,(H,14,15)(H,16,17). The van der Waals surface area contributed by atoms with E-state index in [1.54, 1.807) is 12.2 Å². The van der Waals surface area contributed by atoms with Crippen molar-refractivity contribution >= 4 is 11.9 Å². The molecule has 0 heterocycles. The van der Waals surface area contributed by atoms with Gasteiger partial charge in [0.1, 0.15) is 0 Å². The van der Waals surface area contributed by atoms with Crippen molar-refractivity contribution in [3.8, 4) is 0 Å². The lowest BCUT2D eigenvalue weighted by atomic mass is 9.99. The molecule has 0 aliphatic rings. The van der Waals surface area contributed by atoms with Crippen LogP contribution in [0.5, 0.6) is 0 Å². The Bertz CT molecular complexity index is 292. The average Bonchev–Trinajstić information content (AvgIpc) is 2.24. The molecule has 1 unspecified atom stereocenters. The number of rotatable bonds is 9. The molecular formula is C13H20O4. The fourth-order valence-electron chi connectivity index (χ4n) is 1.36. The van der Waals surface area contributed by atoms with Crippen LogP contribution in [0.4, 0.5) is 0 Å². The summed E-state index contributed by atoms with van der Waals surface area (Å²) in [5.41, 5.74) is 0. The molecule has 96 valence electrons. The van der Waals surface area contributed by atoms with Crippen LogP contribution in [-0.4, -0.2) is 22.2 Å². The van der Waals surface area contributed by atoms with Crippen molar-refractivity contribution in [3.05, 3.63) is 24.3 Å². The number of carboxylic acid groups (broad SMARTS) is 2. The third-order valence-electron chi connectivity index (χ3n) is 2.25. The summed E-state index contributed by atoms with van der Waals surface area (Å²) in [7, 11) is 0. The first-order valence-corrected chi connectivity index (χ1v) is 5.83. The quantitative estimate of drug-likeness (QED) is 0.608. The maximum Gasteiger partial charge on any atom is 0.303 e. The number of unbranched alkanes of at least 4 members (excludes halogenated alkanes) is 1. The molecule has 0 fully saturated rings. The molecule has 17 heavy (non-hydrogen) atoms. The summed E-state index contributed by atoms with van der Waals surface area (Å²) in [6, 6.07) is 0. The molecule has 0 radical (unpaired) electrons. The second kappa shape index (κ2) is 9.63. The molecule has 0 aromatic rings. The highest BCUT2D eigenvalue weighted by atomic mass is 16.4. The van der Waals surface area contributed by atoms with Gasteiger partial charge in [-0.15, -0.1) is 0 Å². The Labute approximate surface area is 102 Å². The van der Waals surface area contributed by atoms with Gasteiger partial charge in [-0.1, -0.05) is 37.6 Å². The SMILES string of the molecule is CCCC=CC=CC(CCC(=O)O)CC(=O)O. The van der Waals surface area contributed by atoms with Crippen LogP contribution in [0.15, 0.2) is 24.3 Å². The van der Waals surface area contributed by atoms with E-state index in [9.17, 15) is 9.59 Å². The van der Waals surface area contributed by atoms with Crippen LogP contribution in [-0.2, 0) is 9.59 Å². The maximum atomic E-state index is 10.6. The molecule has 0 aromatic carbocycles. The molecule has 4 nitrogen and oxygen atoms in total. The van der Waals surface area contributed by atoms with E-state index < -0.39 is 11.9 Å². The number of aliphatic carboxylic acids is 2. The summed E-state index contributed by atoms with van der Waals surface area (Å²) in [6.07, 6.45) is 9.84. The third-order valence-corrected chi connectivity index (χ3v) is 2.25. The van der Waals surface area contributed by atoms with Crippen molar-refractivity contribution in [1.29, 1.82) is 0 Å². The van der Waals surface area contributed by atoms with Crippen molar-refractivity contribution < 1.29 is 19.8 Å². The Morgan fingerprint density at radius 3 is 2.41 bits per heavy atom. The van der Waals surface area contributed by atoms with Crippen LogP contribution in [0.25, 0.3) is 0 Å². The number of hydrogen-bond acceptors (Lipinski definition) is 2. The predicted octanol–water partition coefficient (Wildman–Crippen LogP) is 2.85. The van der Waals surface area contributed by atoms with E-state index >= 15 is 0 Å². The smallest absolute Gasteiger partial charge is 0.303 e. The first kappa shape index (κ1) is 15.4. The molecule has 0 spiro atoms. The summed E-state index contributed by atoms with van der Waals surface area (Å²) < 4.78 is 0. The lowest BCUT2D eigenvalue weighted by Gasteiger charge is -2.07. The average molecular weight is 240 g/mol. The van der Waals surface area contributed by atoms with Gasteiger partial charge in [0, 0.05) is 6.42 Å². The summed E-state index contributed by atoms with van der Waals surface area (Å²) >= 11 is 0. The third kappa shape index (κ3) is 10.7. The summed E-state index contributed by atoms with van der Waals surface area (Å²) in [4.78, 5) is 21.0. The van der Waals surface area contributed by atoms with Gasteiger partial charge in [-0.2, -0.15) is 0 Å². The van der Waals surface area contributed by atoms with Gasteiger partial charge in [-0.25, -0.2) is 0 Å². The van der Waals surface area contributed by atoms with Crippen LogP contribution in [0, 0.1) is 5.92 Å². The van der Waals surface area contributed by atoms with E-state index in [4.69, 9.17) is 10.2 Å².